The first-order chi connectivity index (χ1) is 13.0. The molecule has 0 aliphatic carbocycles. The van der Waals surface area contributed by atoms with Gasteiger partial charge in [-0.05, 0) is 35.9 Å². The topological polar surface area (TPSA) is 89.3 Å². The molecule has 0 spiro atoms. The molecule has 9 heteroatoms. The molecule has 0 unspecified atom stereocenters. The van der Waals surface area contributed by atoms with Crippen molar-refractivity contribution >= 4 is 34.8 Å². The monoisotopic (exact) mass is 406 g/mol. The number of aliphatic hydroxyl groups excluding tert-OH is 1. The van der Waals surface area contributed by atoms with Gasteiger partial charge in [0.25, 0.3) is 5.91 Å². The number of amides is 1. The number of hydrogen-bond acceptors (Lipinski definition) is 5. The highest BCUT2D eigenvalue weighted by Gasteiger charge is 2.15. The molecule has 1 amide bonds. The molecule has 2 N–H and O–H groups in total. The average molecular weight is 407 g/mol. The standard InChI is InChI=1S/C18H16Cl2N4O3/c1-27-13-5-2-11(3-6-13)16(25)9-24-10-21-17(23-24)18(26)22-12-4-7-14(19)15(20)8-12/h2-8,10,16,25H,9H2,1H3,(H,22,26)/t16-/m1/s1. The van der Waals surface area contributed by atoms with Gasteiger partial charge in [0.2, 0.25) is 5.82 Å². The molecule has 0 aliphatic heterocycles. The van der Waals surface area contributed by atoms with Gasteiger partial charge in [-0.25, -0.2) is 9.67 Å². The molecule has 0 fully saturated rings. The van der Waals surface area contributed by atoms with Crippen molar-refractivity contribution in [1.29, 1.82) is 0 Å². The molecule has 140 valence electrons. The van der Waals surface area contributed by atoms with Crippen molar-refractivity contribution in [3.63, 3.8) is 0 Å². The van der Waals surface area contributed by atoms with Crippen LogP contribution >= 0.6 is 23.2 Å². The predicted molar refractivity (Wildman–Crippen MR) is 102 cm³/mol. The number of methoxy groups -OCH3 is 1. The first-order valence-corrected chi connectivity index (χ1v) is 8.69. The summed E-state index contributed by atoms with van der Waals surface area (Å²) < 4.78 is 6.49. The maximum absolute atomic E-state index is 12.2. The zero-order valence-corrected chi connectivity index (χ0v) is 15.8. The number of ether oxygens (including phenoxy) is 1. The molecular formula is C18H16Cl2N4O3. The number of halogens is 2. The summed E-state index contributed by atoms with van der Waals surface area (Å²) in [4.78, 5) is 16.2. The molecular weight excluding hydrogens is 391 g/mol. The Morgan fingerprint density at radius 2 is 1.96 bits per heavy atom. The summed E-state index contributed by atoms with van der Waals surface area (Å²) in [7, 11) is 1.57. The van der Waals surface area contributed by atoms with E-state index in [-0.39, 0.29) is 12.4 Å². The third-order valence-corrected chi connectivity index (χ3v) is 4.52. The van der Waals surface area contributed by atoms with Gasteiger partial charge in [0.1, 0.15) is 12.1 Å². The summed E-state index contributed by atoms with van der Waals surface area (Å²) in [5.41, 5.74) is 1.18. The summed E-state index contributed by atoms with van der Waals surface area (Å²) in [6.07, 6.45) is 0.583. The molecule has 3 rings (SSSR count). The van der Waals surface area contributed by atoms with Crippen molar-refractivity contribution in [2.45, 2.75) is 12.6 Å². The van der Waals surface area contributed by atoms with Gasteiger partial charge in [-0.3, -0.25) is 4.79 Å². The maximum Gasteiger partial charge on any atom is 0.295 e. The minimum Gasteiger partial charge on any atom is -0.497 e. The molecule has 27 heavy (non-hydrogen) atoms. The molecule has 3 aromatic rings. The Morgan fingerprint density at radius 1 is 1.22 bits per heavy atom. The number of aromatic nitrogens is 3. The van der Waals surface area contributed by atoms with Gasteiger partial charge in [-0.15, -0.1) is 5.10 Å². The van der Waals surface area contributed by atoms with Crippen molar-refractivity contribution in [3.8, 4) is 5.75 Å². The van der Waals surface area contributed by atoms with Crippen molar-refractivity contribution in [2.75, 3.05) is 12.4 Å². The summed E-state index contributed by atoms with van der Waals surface area (Å²) in [5.74, 6) is 0.182. The van der Waals surface area contributed by atoms with Crippen molar-refractivity contribution in [1.82, 2.24) is 14.8 Å². The van der Waals surface area contributed by atoms with E-state index in [1.165, 1.54) is 17.1 Å². The van der Waals surface area contributed by atoms with Gasteiger partial charge < -0.3 is 15.2 Å². The summed E-state index contributed by atoms with van der Waals surface area (Å²) >= 11 is 11.8. The molecule has 1 heterocycles. The van der Waals surface area contributed by atoms with Crippen LogP contribution in [0, 0.1) is 0 Å². The lowest BCUT2D eigenvalue weighted by atomic mass is 10.1. The Labute approximate surface area is 165 Å². The van der Waals surface area contributed by atoms with Crippen molar-refractivity contribution < 1.29 is 14.6 Å². The van der Waals surface area contributed by atoms with Crippen LogP contribution in [0.25, 0.3) is 0 Å². The Kier molecular flexibility index (Phi) is 5.95. The zero-order valence-electron chi connectivity index (χ0n) is 14.3. The Balaban J connectivity index is 1.64. The van der Waals surface area contributed by atoms with Gasteiger partial charge in [0.15, 0.2) is 0 Å². The molecule has 0 saturated heterocycles. The molecule has 1 aromatic heterocycles. The fourth-order valence-electron chi connectivity index (χ4n) is 2.36. The van der Waals surface area contributed by atoms with Crippen LogP contribution in [-0.2, 0) is 6.54 Å². The van der Waals surface area contributed by atoms with Crippen LogP contribution in [0.5, 0.6) is 5.75 Å². The van der Waals surface area contributed by atoms with Crippen LogP contribution in [0.3, 0.4) is 0 Å². The second kappa shape index (κ2) is 8.39. The second-order valence-corrected chi connectivity index (χ2v) is 6.48. The van der Waals surface area contributed by atoms with Crippen molar-refractivity contribution in [3.05, 3.63) is 70.2 Å². The summed E-state index contributed by atoms with van der Waals surface area (Å²) in [6.45, 7) is 0.152. The average Bonchev–Trinajstić information content (AvgIpc) is 3.13. The van der Waals surface area contributed by atoms with Crippen molar-refractivity contribution in [2.24, 2.45) is 0 Å². The first kappa shape index (κ1) is 19.2. The van der Waals surface area contributed by atoms with E-state index < -0.39 is 12.0 Å². The van der Waals surface area contributed by atoms with Gasteiger partial charge in [-0.2, -0.15) is 0 Å². The molecule has 0 bridgehead atoms. The second-order valence-electron chi connectivity index (χ2n) is 5.66. The van der Waals surface area contributed by atoms with Gasteiger partial charge in [0.05, 0.1) is 29.8 Å². The van der Waals surface area contributed by atoms with Gasteiger partial charge >= 0.3 is 0 Å². The van der Waals surface area contributed by atoms with E-state index in [9.17, 15) is 9.90 Å². The SMILES string of the molecule is COc1ccc([C@H](O)Cn2cnc(C(=O)Nc3ccc(Cl)c(Cl)c3)n2)cc1. The number of carbonyl (C=O) groups is 1. The Bertz CT molecular complexity index is 944. The Morgan fingerprint density at radius 3 is 2.63 bits per heavy atom. The predicted octanol–water partition coefficient (Wildman–Crippen LogP) is 3.58. The van der Waals surface area contributed by atoms with Crippen LogP contribution < -0.4 is 10.1 Å². The molecule has 1 atom stereocenters. The zero-order chi connectivity index (χ0) is 19.4. The highest BCUT2D eigenvalue weighted by Crippen LogP contribution is 2.25. The third kappa shape index (κ3) is 4.77. The summed E-state index contributed by atoms with van der Waals surface area (Å²) in [6, 6.07) is 11.8. The van der Waals surface area contributed by atoms with E-state index in [2.05, 4.69) is 15.4 Å². The molecule has 2 aromatic carbocycles. The van der Waals surface area contributed by atoms with E-state index in [4.69, 9.17) is 27.9 Å². The number of rotatable bonds is 6. The number of aliphatic hydroxyl groups is 1. The number of nitrogens with zero attached hydrogens (tertiary/aromatic N) is 3. The lowest BCUT2D eigenvalue weighted by Gasteiger charge is -2.11. The van der Waals surface area contributed by atoms with Crippen LogP contribution in [0.15, 0.2) is 48.8 Å². The molecule has 0 aliphatic rings. The molecule has 7 nitrogen and oxygen atoms in total. The van der Waals surface area contributed by atoms with E-state index in [0.717, 1.165) is 0 Å². The van der Waals surface area contributed by atoms with Crippen LogP contribution in [-0.4, -0.2) is 32.9 Å². The quantitative estimate of drug-likeness (QED) is 0.652. The number of hydrogen-bond donors (Lipinski definition) is 2. The van der Waals surface area contributed by atoms with E-state index in [0.29, 0.717) is 27.0 Å². The Hall–Kier alpha value is -2.61. The largest absolute Gasteiger partial charge is 0.497 e. The number of carbonyl (C=O) groups excluding carboxylic acids is 1. The van der Waals surface area contributed by atoms with Crippen LogP contribution in [0.2, 0.25) is 10.0 Å². The molecule has 0 radical (unpaired) electrons. The highest BCUT2D eigenvalue weighted by atomic mass is 35.5. The number of anilines is 1. The summed E-state index contributed by atoms with van der Waals surface area (Å²) in [5, 5.41) is 17.8. The van der Waals surface area contributed by atoms with E-state index in [1.54, 1.807) is 43.5 Å². The number of nitrogens with one attached hydrogen (secondary N) is 1. The lowest BCUT2D eigenvalue weighted by molar-refractivity contribution is 0.101. The fourth-order valence-corrected chi connectivity index (χ4v) is 2.65. The number of benzene rings is 2. The van der Waals surface area contributed by atoms with Gasteiger partial charge in [0, 0.05) is 5.69 Å². The normalized spacial score (nSPS) is 11.9. The van der Waals surface area contributed by atoms with Crippen LogP contribution in [0.1, 0.15) is 22.3 Å². The third-order valence-electron chi connectivity index (χ3n) is 3.78. The fraction of sp³-hybridized carbons (Fsp3) is 0.167. The smallest absolute Gasteiger partial charge is 0.295 e. The minimum atomic E-state index is -0.802. The first-order valence-electron chi connectivity index (χ1n) is 7.94. The van der Waals surface area contributed by atoms with Gasteiger partial charge in [-0.1, -0.05) is 35.3 Å². The van der Waals surface area contributed by atoms with E-state index >= 15 is 0 Å². The highest BCUT2D eigenvalue weighted by molar-refractivity contribution is 6.42. The minimum absolute atomic E-state index is 0.0250. The lowest BCUT2D eigenvalue weighted by Crippen LogP contribution is -2.15. The molecule has 0 saturated carbocycles. The van der Waals surface area contributed by atoms with E-state index in [1.807, 2.05) is 0 Å². The van der Waals surface area contributed by atoms with Crippen LogP contribution in [0.4, 0.5) is 5.69 Å². The maximum atomic E-state index is 12.2.